The molecule has 0 saturated heterocycles. The van der Waals surface area contributed by atoms with Crippen LogP contribution in [0.4, 0.5) is 26.2 Å². The van der Waals surface area contributed by atoms with Crippen molar-refractivity contribution in [3.63, 3.8) is 0 Å². The number of benzene rings is 1. The predicted octanol–water partition coefficient (Wildman–Crippen LogP) is 3.09. The van der Waals surface area contributed by atoms with Gasteiger partial charge in [-0.1, -0.05) is 6.07 Å². The van der Waals surface area contributed by atoms with Crippen LogP contribution in [0.3, 0.4) is 0 Å². The molecule has 0 unspecified atom stereocenters. The molecule has 0 aliphatic rings. The summed E-state index contributed by atoms with van der Waals surface area (Å²) in [5.41, 5.74) is 1.44. The van der Waals surface area contributed by atoms with Crippen LogP contribution in [0.15, 0.2) is 36.8 Å². The molecule has 3 N–H and O–H groups in total. The van der Waals surface area contributed by atoms with Crippen molar-refractivity contribution >= 4 is 23.7 Å². The molecular weight excluding hydrogens is 328 g/mol. The highest BCUT2D eigenvalue weighted by molar-refractivity contribution is 5.84. The van der Waals surface area contributed by atoms with E-state index in [4.69, 9.17) is 5.41 Å². The first-order valence-electron chi connectivity index (χ1n) is 7.36. The Morgan fingerprint density at radius 1 is 1.32 bits per heavy atom. The zero-order valence-electron chi connectivity index (χ0n) is 13.3. The summed E-state index contributed by atoms with van der Waals surface area (Å²) in [7, 11) is 1.79. The minimum absolute atomic E-state index is 0. The third-order valence-electron chi connectivity index (χ3n) is 3.39. The van der Waals surface area contributed by atoms with Crippen LogP contribution in [0.5, 0.6) is 0 Å². The van der Waals surface area contributed by atoms with Gasteiger partial charge >= 0.3 is 0 Å². The van der Waals surface area contributed by atoms with Gasteiger partial charge in [0.05, 0.1) is 17.4 Å². The molecule has 25 heavy (non-hydrogen) atoms. The third-order valence-corrected chi connectivity index (χ3v) is 3.39. The van der Waals surface area contributed by atoms with Gasteiger partial charge in [0.15, 0.2) is 0 Å². The van der Waals surface area contributed by atoms with Gasteiger partial charge in [0.25, 0.3) is 0 Å². The van der Waals surface area contributed by atoms with Crippen molar-refractivity contribution in [2.45, 2.75) is 6.54 Å². The number of anilines is 3. The summed E-state index contributed by atoms with van der Waals surface area (Å²) in [6.45, 7) is 0.0936. The van der Waals surface area contributed by atoms with Crippen molar-refractivity contribution in [2.24, 2.45) is 7.05 Å². The van der Waals surface area contributed by atoms with Crippen LogP contribution in [0, 0.1) is 17.0 Å². The second-order valence-corrected chi connectivity index (χ2v) is 5.26. The maximum absolute atomic E-state index is 13.7. The number of aryl methyl sites for hydroxylation is 1. The zero-order valence-corrected chi connectivity index (χ0v) is 13.3. The van der Waals surface area contributed by atoms with E-state index in [9.17, 15) is 8.78 Å². The van der Waals surface area contributed by atoms with Crippen LogP contribution in [-0.4, -0.2) is 26.0 Å². The Balaban J connectivity index is 0.00000243. The Hall–Kier alpha value is -3.36. The van der Waals surface area contributed by atoms with Gasteiger partial charge in [-0.15, -0.1) is 0 Å². The van der Waals surface area contributed by atoms with Crippen LogP contribution in [0.2, 0.25) is 0 Å². The maximum Gasteiger partial charge on any atom is 0.229 e. The van der Waals surface area contributed by atoms with Gasteiger partial charge in [0, 0.05) is 45.3 Å². The summed E-state index contributed by atoms with van der Waals surface area (Å²) in [6, 6.07) is 3.37. The van der Waals surface area contributed by atoms with E-state index in [-0.39, 0.29) is 13.5 Å². The van der Waals surface area contributed by atoms with Crippen LogP contribution < -0.4 is 10.6 Å². The minimum atomic E-state index is -0.647. The fraction of sp³-hybridized carbons (Fsp3) is 0.125. The molecule has 1 aromatic carbocycles. The summed E-state index contributed by atoms with van der Waals surface area (Å²) < 4.78 is 28.3. The molecule has 9 heteroatoms. The highest BCUT2D eigenvalue weighted by atomic mass is 19.1. The molecule has 0 fully saturated rings. The molecule has 3 aromatic rings. The van der Waals surface area contributed by atoms with E-state index in [0.29, 0.717) is 23.0 Å². The molecule has 2 heterocycles. The molecule has 0 aliphatic carbocycles. The number of halogens is 2. The fourth-order valence-electron chi connectivity index (χ4n) is 2.16. The topological polar surface area (TPSA) is 91.5 Å². The van der Waals surface area contributed by atoms with Crippen LogP contribution in [0.1, 0.15) is 12.6 Å². The van der Waals surface area contributed by atoms with Crippen molar-refractivity contribution in [3.8, 4) is 0 Å². The molecule has 7 nitrogen and oxygen atoms in total. The first-order valence-corrected chi connectivity index (χ1v) is 7.36. The SMILES string of the molecule is Cn1cc(Nc2ncc(C=N)c(NCc3ccc(F)cc3F)n2)cn1.[HH]. The Kier molecular flexibility index (Phi) is 4.64. The molecule has 0 amide bonds. The Morgan fingerprint density at radius 2 is 2.16 bits per heavy atom. The van der Waals surface area contributed by atoms with E-state index in [1.807, 2.05) is 0 Å². The second kappa shape index (κ2) is 7.04. The molecule has 0 radical (unpaired) electrons. The summed E-state index contributed by atoms with van der Waals surface area (Å²) in [4.78, 5) is 8.42. The number of nitrogens with zero attached hydrogens (tertiary/aromatic N) is 4. The number of hydrogen-bond acceptors (Lipinski definition) is 6. The highest BCUT2D eigenvalue weighted by Crippen LogP contribution is 2.18. The van der Waals surface area contributed by atoms with Crippen molar-refractivity contribution in [2.75, 3.05) is 10.6 Å². The third kappa shape index (κ3) is 3.94. The second-order valence-electron chi connectivity index (χ2n) is 5.26. The largest absolute Gasteiger partial charge is 0.365 e. The van der Waals surface area contributed by atoms with Crippen LogP contribution in [-0.2, 0) is 13.6 Å². The molecule has 0 spiro atoms. The monoisotopic (exact) mass is 345 g/mol. The lowest BCUT2D eigenvalue weighted by molar-refractivity contribution is 0.574. The normalized spacial score (nSPS) is 10.5. The molecule has 0 saturated carbocycles. The van der Waals surface area contributed by atoms with Gasteiger partial charge in [0.2, 0.25) is 5.95 Å². The van der Waals surface area contributed by atoms with E-state index in [0.717, 1.165) is 12.3 Å². The van der Waals surface area contributed by atoms with Crippen LogP contribution >= 0.6 is 0 Å². The van der Waals surface area contributed by atoms with E-state index < -0.39 is 11.6 Å². The molecule has 3 rings (SSSR count). The first-order chi connectivity index (χ1) is 12.0. The average molecular weight is 345 g/mol. The molecular formula is C16H17F2N7. The van der Waals surface area contributed by atoms with E-state index in [2.05, 4.69) is 25.7 Å². The Morgan fingerprint density at radius 3 is 2.84 bits per heavy atom. The lowest BCUT2D eigenvalue weighted by Gasteiger charge is -2.11. The number of aromatic nitrogens is 4. The highest BCUT2D eigenvalue weighted by Gasteiger charge is 2.09. The van der Waals surface area contributed by atoms with Gasteiger partial charge < -0.3 is 16.0 Å². The van der Waals surface area contributed by atoms with E-state index in [1.54, 1.807) is 24.1 Å². The lowest BCUT2D eigenvalue weighted by atomic mass is 10.2. The molecule has 0 atom stereocenters. The molecule has 2 aromatic heterocycles. The summed E-state index contributed by atoms with van der Waals surface area (Å²) >= 11 is 0. The number of hydrogen-bond donors (Lipinski definition) is 3. The summed E-state index contributed by atoms with van der Waals surface area (Å²) in [5.74, 6) is -0.612. The lowest BCUT2D eigenvalue weighted by Crippen LogP contribution is -2.08. The average Bonchev–Trinajstić information content (AvgIpc) is 2.99. The van der Waals surface area contributed by atoms with E-state index in [1.165, 1.54) is 18.3 Å². The van der Waals surface area contributed by atoms with Crippen molar-refractivity contribution in [1.29, 1.82) is 5.41 Å². The molecule has 0 bridgehead atoms. The van der Waals surface area contributed by atoms with Crippen molar-refractivity contribution in [3.05, 3.63) is 59.6 Å². The maximum atomic E-state index is 13.7. The van der Waals surface area contributed by atoms with Crippen molar-refractivity contribution in [1.82, 2.24) is 19.7 Å². The van der Waals surface area contributed by atoms with E-state index >= 15 is 0 Å². The number of nitrogens with one attached hydrogen (secondary N) is 3. The van der Waals surface area contributed by atoms with Crippen molar-refractivity contribution < 1.29 is 10.2 Å². The summed E-state index contributed by atoms with van der Waals surface area (Å²) in [5, 5.41) is 17.4. The molecule has 0 aliphatic heterocycles. The van der Waals surface area contributed by atoms with Gasteiger partial charge in [-0.2, -0.15) is 10.1 Å². The van der Waals surface area contributed by atoms with Gasteiger partial charge in [0.1, 0.15) is 17.5 Å². The zero-order chi connectivity index (χ0) is 17.8. The molecule has 130 valence electrons. The first kappa shape index (κ1) is 16.5. The number of rotatable bonds is 6. The summed E-state index contributed by atoms with van der Waals surface area (Å²) in [6.07, 6.45) is 5.95. The smallest absolute Gasteiger partial charge is 0.229 e. The predicted molar refractivity (Wildman–Crippen MR) is 92.2 cm³/mol. The minimum Gasteiger partial charge on any atom is -0.365 e. The standard InChI is InChI=1S/C16H15F2N7.H2/c1-25-9-13(8-22-25)23-16-21-7-11(5-19)15(24-16)20-6-10-2-3-12(17)4-14(10)18;/h2-5,7-9,19H,6H2,1H3,(H2,20,21,23,24);1H. The Labute approximate surface area is 143 Å². The Bertz CT molecular complexity index is 913. The fourth-order valence-corrected chi connectivity index (χ4v) is 2.16. The van der Waals surface area contributed by atoms with Gasteiger partial charge in [-0.3, -0.25) is 4.68 Å². The van der Waals surface area contributed by atoms with Crippen LogP contribution in [0.25, 0.3) is 0 Å². The quantitative estimate of drug-likeness (QED) is 0.597. The van der Waals surface area contributed by atoms with Gasteiger partial charge in [-0.25, -0.2) is 13.8 Å². The van der Waals surface area contributed by atoms with Gasteiger partial charge in [-0.05, 0) is 6.07 Å².